The van der Waals surface area contributed by atoms with Crippen LogP contribution in [0.5, 0.6) is 0 Å². The first kappa shape index (κ1) is 13.1. The summed E-state index contributed by atoms with van der Waals surface area (Å²) in [5, 5.41) is 0.431. The predicted molar refractivity (Wildman–Crippen MR) is 73.2 cm³/mol. The summed E-state index contributed by atoms with van der Waals surface area (Å²) in [6.07, 6.45) is 0. The van der Waals surface area contributed by atoms with Crippen LogP contribution >= 0.6 is 27.7 Å². The summed E-state index contributed by atoms with van der Waals surface area (Å²) in [5.41, 5.74) is 7.12. The van der Waals surface area contributed by atoms with Crippen molar-refractivity contribution in [3.8, 4) is 0 Å². The molecule has 2 N–H and O–H groups in total. The van der Waals surface area contributed by atoms with E-state index in [2.05, 4.69) is 54.0 Å². The zero-order chi connectivity index (χ0) is 11.3. The van der Waals surface area contributed by atoms with E-state index < -0.39 is 0 Å². The fourth-order valence-corrected chi connectivity index (χ4v) is 2.65. The molecule has 0 fully saturated rings. The Kier molecular flexibility index (Phi) is 5.72. The van der Waals surface area contributed by atoms with Crippen molar-refractivity contribution in [2.24, 2.45) is 11.7 Å². The van der Waals surface area contributed by atoms with E-state index in [1.165, 1.54) is 5.56 Å². The maximum absolute atomic E-state index is 5.80. The maximum atomic E-state index is 5.80. The second-order valence-corrected chi connectivity index (χ2v) is 6.15. The van der Waals surface area contributed by atoms with Gasteiger partial charge in [-0.3, -0.25) is 0 Å². The molecule has 0 radical (unpaired) electrons. The molecule has 1 rings (SSSR count). The van der Waals surface area contributed by atoms with Gasteiger partial charge in [0.1, 0.15) is 0 Å². The molecule has 0 aliphatic rings. The molecule has 0 saturated carbocycles. The third-order valence-corrected chi connectivity index (χ3v) is 4.34. The minimum absolute atomic E-state index is 0.431. The minimum Gasteiger partial charge on any atom is -0.329 e. The number of hydrogen-bond donors (Lipinski definition) is 1. The Morgan fingerprint density at radius 2 is 1.87 bits per heavy atom. The van der Waals surface area contributed by atoms with Gasteiger partial charge in [0, 0.05) is 16.3 Å². The third kappa shape index (κ3) is 4.58. The summed E-state index contributed by atoms with van der Waals surface area (Å²) in [6.45, 7) is 5.18. The van der Waals surface area contributed by atoms with E-state index >= 15 is 0 Å². The summed E-state index contributed by atoms with van der Waals surface area (Å²) in [4.78, 5) is 0. The molecule has 1 nitrogen and oxygen atoms in total. The second-order valence-electron chi connectivity index (χ2n) is 4.00. The molecule has 0 heterocycles. The molecule has 0 amide bonds. The lowest BCUT2D eigenvalue weighted by molar-refractivity contribution is 0.746. The van der Waals surface area contributed by atoms with E-state index in [4.69, 9.17) is 5.73 Å². The first-order chi connectivity index (χ1) is 7.13. The molecule has 15 heavy (non-hydrogen) atoms. The van der Waals surface area contributed by atoms with Crippen LogP contribution in [0.25, 0.3) is 0 Å². The fourth-order valence-electron chi connectivity index (χ4n) is 1.29. The first-order valence-corrected chi connectivity index (χ1v) is 7.04. The first-order valence-electron chi connectivity index (χ1n) is 5.20. The van der Waals surface area contributed by atoms with Gasteiger partial charge in [-0.05, 0) is 29.4 Å². The van der Waals surface area contributed by atoms with Crippen LogP contribution < -0.4 is 5.73 Å². The highest BCUT2D eigenvalue weighted by atomic mass is 79.9. The number of nitrogens with two attached hydrogens (primary N) is 1. The standard InChI is InChI=1S/C12H18BrNS/c1-9(2)8-15-12(7-14)10-3-5-11(13)6-4-10/h3-6,9,12H,7-8,14H2,1-2H3. The van der Waals surface area contributed by atoms with Crippen molar-refractivity contribution in [1.29, 1.82) is 0 Å². The number of thioether (sulfide) groups is 1. The average molecular weight is 288 g/mol. The van der Waals surface area contributed by atoms with E-state index in [0.717, 1.165) is 16.1 Å². The normalized spacial score (nSPS) is 13.1. The summed E-state index contributed by atoms with van der Waals surface area (Å²) in [6, 6.07) is 8.45. The van der Waals surface area contributed by atoms with Crippen molar-refractivity contribution in [3.05, 3.63) is 34.3 Å². The van der Waals surface area contributed by atoms with Crippen molar-refractivity contribution < 1.29 is 0 Å². The van der Waals surface area contributed by atoms with Gasteiger partial charge in [-0.1, -0.05) is 41.9 Å². The molecule has 3 heteroatoms. The van der Waals surface area contributed by atoms with Crippen molar-refractivity contribution in [2.75, 3.05) is 12.3 Å². The van der Waals surface area contributed by atoms with Crippen molar-refractivity contribution in [2.45, 2.75) is 19.1 Å². The number of benzene rings is 1. The van der Waals surface area contributed by atoms with Crippen LogP contribution in [0.1, 0.15) is 24.7 Å². The van der Waals surface area contributed by atoms with Gasteiger partial charge >= 0.3 is 0 Å². The monoisotopic (exact) mass is 287 g/mol. The van der Waals surface area contributed by atoms with Crippen LogP contribution in [0.2, 0.25) is 0 Å². The summed E-state index contributed by atoms with van der Waals surface area (Å²) >= 11 is 5.39. The molecule has 1 atom stereocenters. The van der Waals surface area contributed by atoms with Gasteiger partial charge in [0.25, 0.3) is 0 Å². The van der Waals surface area contributed by atoms with Gasteiger partial charge in [-0.2, -0.15) is 11.8 Å². The highest BCUT2D eigenvalue weighted by Crippen LogP contribution is 2.29. The molecule has 0 bridgehead atoms. The summed E-state index contributed by atoms with van der Waals surface area (Å²) < 4.78 is 1.12. The SMILES string of the molecule is CC(C)CSC(CN)c1ccc(Br)cc1. The minimum atomic E-state index is 0.431. The Morgan fingerprint density at radius 1 is 1.27 bits per heavy atom. The molecule has 0 aliphatic carbocycles. The molecule has 1 aromatic rings. The topological polar surface area (TPSA) is 26.0 Å². The van der Waals surface area contributed by atoms with Crippen LogP contribution in [0, 0.1) is 5.92 Å². The summed E-state index contributed by atoms with van der Waals surface area (Å²) in [5.74, 6) is 1.89. The van der Waals surface area contributed by atoms with Crippen LogP contribution in [-0.4, -0.2) is 12.3 Å². The van der Waals surface area contributed by atoms with E-state index in [9.17, 15) is 0 Å². The summed E-state index contributed by atoms with van der Waals surface area (Å²) in [7, 11) is 0. The van der Waals surface area contributed by atoms with E-state index in [-0.39, 0.29) is 0 Å². The van der Waals surface area contributed by atoms with Crippen molar-refractivity contribution >= 4 is 27.7 Å². The Labute approximate surface area is 105 Å². The Bertz CT molecular complexity index is 284. The van der Waals surface area contributed by atoms with E-state index in [1.54, 1.807) is 0 Å². The zero-order valence-corrected chi connectivity index (χ0v) is 11.6. The molecule has 0 spiro atoms. The lowest BCUT2D eigenvalue weighted by Crippen LogP contribution is -2.10. The van der Waals surface area contributed by atoms with Crippen LogP contribution in [0.15, 0.2) is 28.7 Å². The van der Waals surface area contributed by atoms with Gasteiger partial charge in [0.05, 0.1) is 0 Å². The van der Waals surface area contributed by atoms with Gasteiger partial charge < -0.3 is 5.73 Å². The molecular formula is C12H18BrNS. The molecule has 0 saturated heterocycles. The van der Waals surface area contributed by atoms with Gasteiger partial charge in [0.2, 0.25) is 0 Å². The number of halogens is 1. The lowest BCUT2D eigenvalue weighted by Gasteiger charge is -2.16. The zero-order valence-electron chi connectivity index (χ0n) is 9.24. The van der Waals surface area contributed by atoms with E-state index in [0.29, 0.717) is 11.8 Å². The van der Waals surface area contributed by atoms with Crippen molar-refractivity contribution in [3.63, 3.8) is 0 Å². The highest BCUT2D eigenvalue weighted by molar-refractivity contribution is 9.10. The Hall–Kier alpha value is 0.01000. The van der Waals surface area contributed by atoms with Gasteiger partial charge in [0.15, 0.2) is 0 Å². The molecule has 0 aliphatic heterocycles. The lowest BCUT2D eigenvalue weighted by atomic mass is 10.1. The molecular weight excluding hydrogens is 270 g/mol. The van der Waals surface area contributed by atoms with Gasteiger partial charge in [-0.25, -0.2) is 0 Å². The largest absolute Gasteiger partial charge is 0.329 e. The van der Waals surface area contributed by atoms with Crippen LogP contribution in [0.3, 0.4) is 0 Å². The smallest absolute Gasteiger partial charge is 0.0419 e. The predicted octanol–water partition coefficient (Wildman–Crippen LogP) is 3.84. The molecule has 84 valence electrons. The van der Waals surface area contributed by atoms with Gasteiger partial charge in [-0.15, -0.1) is 0 Å². The quantitative estimate of drug-likeness (QED) is 0.891. The second kappa shape index (κ2) is 6.56. The molecule has 0 aromatic heterocycles. The number of hydrogen-bond acceptors (Lipinski definition) is 2. The molecule has 1 unspecified atom stereocenters. The number of rotatable bonds is 5. The Balaban J connectivity index is 2.61. The van der Waals surface area contributed by atoms with Crippen molar-refractivity contribution in [1.82, 2.24) is 0 Å². The molecule has 1 aromatic carbocycles. The average Bonchev–Trinajstić information content (AvgIpc) is 2.21. The Morgan fingerprint density at radius 3 is 2.33 bits per heavy atom. The maximum Gasteiger partial charge on any atom is 0.0419 e. The van der Waals surface area contributed by atoms with Crippen LogP contribution in [0.4, 0.5) is 0 Å². The highest BCUT2D eigenvalue weighted by Gasteiger charge is 2.10. The van der Waals surface area contributed by atoms with E-state index in [1.807, 2.05) is 11.8 Å². The van der Waals surface area contributed by atoms with Crippen LogP contribution in [-0.2, 0) is 0 Å². The fraction of sp³-hybridized carbons (Fsp3) is 0.500. The third-order valence-electron chi connectivity index (χ3n) is 2.09.